The monoisotopic (exact) mass is 263 g/mol. The average molecular weight is 263 g/mol. The Balaban J connectivity index is 1.75. The standard InChI is InChI=1S/C12H13N3O2S/c16-10(9-6-7-9)13-12(18)15-14-11(17)8-4-2-1-3-5-8/h1-5,9H,6-7H2,(H,14,17)(H2,13,15,16,18). The molecule has 0 radical (unpaired) electrons. The first-order valence-electron chi connectivity index (χ1n) is 5.63. The maximum absolute atomic E-state index is 11.6. The Kier molecular flexibility index (Phi) is 3.88. The number of thiocarbonyl (C=S) groups is 1. The summed E-state index contributed by atoms with van der Waals surface area (Å²) in [6.45, 7) is 0. The predicted molar refractivity (Wildman–Crippen MR) is 70.5 cm³/mol. The molecule has 0 heterocycles. The van der Waals surface area contributed by atoms with Gasteiger partial charge in [-0.3, -0.25) is 20.4 Å². The normalized spacial score (nSPS) is 13.6. The highest BCUT2D eigenvalue weighted by Crippen LogP contribution is 2.28. The van der Waals surface area contributed by atoms with Crippen molar-refractivity contribution >= 4 is 29.1 Å². The van der Waals surface area contributed by atoms with Gasteiger partial charge in [0.15, 0.2) is 5.11 Å². The van der Waals surface area contributed by atoms with Crippen LogP contribution in [0, 0.1) is 5.92 Å². The summed E-state index contributed by atoms with van der Waals surface area (Å²) in [5.41, 5.74) is 5.43. The van der Waals surface area contributed by atoms with Gasteiger partial charge in [0.05, 0.1) is 0 Å². The quantitative estimate of drug-likeness (QED) is 0.543. The van der Waals surface area contributed by atoms with E-state index in [-0.39, 0.29) is 22.8 Å². The summed E-state index contributed by atoms with van der Waals surface area (Å²) in [4.78, 5) is 23.0. The lowest BCUT2D eigenvalue weighted by atomic mass is 10.2. The van der Waals surface area contributed by atoms with E-state index in [4.69, 9.17) is 12.2 Å². The summed E-state index contributed by atoms with van der Waals surface area (Å²) >= 11 is 4.89. The zero-order valence-electron chi connectivity index (χ0n) is 9.60. The topological polar surface area (TPSA) is 70.2 Å². The second-order valence-electron chi connectivity index (χ2n) is 4.04. The van der Waals surface area contributed by atoms with Crippen molar-refractivity contribution in [3.63, 3.8) is 0 Å². The van der Waals surface area contributed by atoms with Crippen molar-refractivity contribution in [3.05, 3.63) is 35.9 Å². The first kappa shape index (κ1) is 12.5. The van der Waals surface area contributed by atoms with E-state index in [0.29, 0.717) is 5.56 Å². The maximum Gasteiger partial charge on any atom is 0.269 e. The number of carbonyl (C=O) groups excluding carboxylic acids is 2. The van der Waals surface area contributed by atoms with E-state index >= 15 is 0 Å². The number of nitrogens with one attached hydrogen (secondary N) is 3. The molecular weight excluding hydrogens is 250 g/mol. The van der Waals surface area contributed by atoms with Crippen LogP contribution >= 0.6 is 12.2 Å². The molecule has 1 aliphatic carbocycles. The Labute approximate surface area is 110 Å². The first-order valence-corrected chi connectivity index (χ1v) is 6.04. The summed E-state index contributed by atoms with van der Waals surface area (Å²) in [7, 11) is 0. The van der Waals surface area contributed by atoms with E-state index in [1.165, 1.54) is 0 Å². The van der Waals surface area contributed by atoms with Gasteiger partial charge in [-0.25, -0.2) is 0 Å². The van der Waals surface area contributed by atoms with Gasteiger partial charge in [0.25, 0.3) is 5.91 Å². The molecule has 6 heteroatoms. The van der Waals surface area contributed by atoms with E-state index in [2.05, 4.69) is 16.2 Å². The minimum atomic E-state index is -0.307. The van der Waals surface area contributed by atoms with Crippen LogP contribution in [0.5, 0.6) is 0 Å². The van der Waals surface area contributed by atoms with E-state index < -0.39 is 0 Å². The largest absolute Gasteiger partial charge is 0.302 e. The number of carbonyl (C=O) groups is 2. The summed E-state index contributed by atoms with van der Waals surface area (Å²) < 4.78 is 0. The van der Waals surface area contributed by atoms with Crippen LogP contribution in [0.4, 0.5) is 0 Å². The summed E-state index contributed by atoms with van der Waals surface area (Å²) in [6.07, 6.45) is 1.82. The molecule has 1 aromatic carbocycles. The minimum absolute atomic E-state index is 0.0783. The van der Waals surface area contributed by atoms with Gasteiger partial charge < -0.3 is 5.32 Å². The Morgan fingerprint density at radius 2 is 1.78 bits per heavy atom. The highest BCUT2D eigenvalue weighted by atomic mass is 32.1. The van der Waals surface area contributed by atoms with Crippen LogP contribution in [0.25, 0.3) is 0 Å². The fourth-order valence-electron chi connectivity index (χ4n) is 1.37. The van der Waals surface area contributed by atoms with Crippen molar-refractivity contribution in [2.24, 2.45) is 5.92 Å². The third kappa shape index (κ3) is 3.53. The lowest BCUT2D eigenvalue weighted by Crippen LogP contribution is -2.48. The van der Waals surface area contributed by atoms with E-state index in [1.54, 1.807) is 24.3 Å². The van der Waals surface area contributed by atoms with Crippen molar-refractivity contribution in [1.82, 2.24) is 16.2 Å². The van der Waals surface area contributed by atoms with Crippen LogP contribution in [0.15, 0.2) is 30.3 Å². The van der Waals surface area contributed by atoms with Crippen molar-refractivity contribution in [3.8, 4) is 0 Å². The second kappa shape index (κ2) is 5.59. The average Bonchev–Trinajstić information content (AvgIpc) is 3.21. The fourth-order valence-corrected chi connectivity index (χ4v) is 1.52. The van der Waals surface area contributed by atoms with Crippen molar-refractivity contribution in [1.29, 1.82) is 0 Å². The SMILES string of the molecule is O=C(NNC(=S)NC(=O)C1CC1)c1ccccc1. The number of hydrogen-bond donors (Lipinski definition) is 3. The zero-order chi connectivity index (χ0) is 13.0. The second-order valence-corrected chi connectivity index (χ2v) is 4.45. The van der Waals surface area contributed by atoms with Gasteiger partial charge in [0.2, 0.25) is 5.91 Å². The Bertz CT molecular complexity index is 471. The van der Waals surface area contributed by atoms with Crippen molar-refractivity contribution in [2.75, 3.05) is 0 Å². The highest BCUT2D eigenvalue weighted by Gasteiger charge is 2.30. The molecule has 1 fully saturated rings. The van der Waals surface area contributed by atoms with E-state index in [1.807, 2.05) is 6.07 Å². The molecule has 1 aliphatic rings. The summed E-state index contributed by atoms with van der Waals surface area (Å²) in [5, 5.41) is 2.62. The number of amides is 2. The van der Waals surface area contributed by atoms with Gasteiger partial charge in [0.1, 0.15) is 0 Å². The molecule has 5 nitrogen and oxygen atoms in total. The smallest absolute Gasteiger partial charge is 0.269 e. The van der Waals surface area contributed by atoms with Gasteiger partial charge in [0, 0.05) is 11.5 Å². The number of hydrogen-bond acceptors (Lipinski definition) is 3. The predicted octanol–water partition coefficient (Wildman–Crippen LogP) is 0.732. The van der Waals surface area contributed by atoms with Crippen LogP contribution < -0.4 is 16.2 Å². The fraction of sp³-hybridized carbons (Fsp3) is 0.250. The van der Waals surface area contributed by atoms with Crippen LogP contribution in [0.1, 0.15) is 23.2 Å². The third-order valence-corrected chi connectivity index (χ3v) is 2.71. The molecule has 0 saturated heterocycles. The molecule has 2 amide bonds. The summed E-state index contributed by atoms with van der Waals surface area (Å²) in [5.74, 6) is -0.324. The molecule has 3 N–H and O–H groups in total. The molecule has 0 spiro atoms. The van der Waals surface area contributed by atoms with Gasteiger partial charge in [-0.2, -0.15) is 0 Å². The van der Waals surface area contributed by atoms with Gasteiger partial charge in [-0.05, 0) is 37.2 Å². The number of rotatable bonds is 2. The Morgan fingerprint density at radius 1 is 1.11 bits per heavy atom. The molecule has 18 heavy (non-hydrogen) atoms. The molecule has 1 aromatic rings. The van der Waals surface area contributed by atoms with Crippen molar-refractivity contribution < 1.29 is 9.59 Å². The van der Waals surface area contributed by atoms with Gasteiger partial charge >= 0.3 is 0 Å². The molecule has 0 atom stereocenters. The van der Waals surface area contributed by atoms with Crippen LogP contribution in [0.3, 0.4) is 0 Å². The lowest BCUT2D eigenvalue weighted by molar-refractivity contribution is -0.120. The van der Waals surface area contributed by atoms with E-state index in [0.717, 1.165) is 12.8 Å². The highest BCUT2D eigenvalue weighted by molar-refractivity contribution is 7.80. The van der Waals surface area contributed by atoms with E-state index in [9.17, 15) is 9.59 Å². The first-order chi connectivity index (χ1) is 8.66. The van der Waals surface area contributed by atoms with Crippen LogP contribution in [-0.4, -0.2) is 16.9 Å². The Hall–Kier alpha value is -1.95. The van der Waals surface area contributed by atoms with Gasteiger partial charge in [-0.1, -0.05) is 18.2 Å². The zero-order valence-corrected chi connectivity index (χ0v) is 10.4. The molecule has 0 aromatic heterocycles. The van der Waals surface area contributed by atoms with Gasteiger partial charge in [-0.15, -0.1) is 0 Å². The molecule has 2 rings (SSSR count). The third-order valence-electron chi connectivity index (χ3n) is 2.51. The maximum atomic E-state index is 11.6. The molecule has 0 unspecified atom stereocenters. The summed E-state index contributed by atoms with van der Waals surface area (Å²) in [6, 6.07) is 8.72. The molecule has 94 valence electrons. The molecule has 0 bridgehead atoms. The molecule has 0 aliphatic heterocycles. The van der Waals surface area contributed by atoms with Crippen molar-refractivity contribution in [2.45, 2.75) is 12.8 Å². The number of hydrazine groups is 1. The number of benzene rings is 1. The Morgan fingerprint density at radius 3 is 2.39 bits per heavy atom. The minimum Gasteiger partial charge on any atom is -0.302 e. The van der Waals surface area contributed by atoms with Crippen LogP contribution in [-0.2, 0) is 4.79 Å². The molecule has 1 saturated carbocycles. The molecular formula is C12H13N3O2S. The lowest BCUT2D eigenvalue weighted by Gasteiger charge is -2.10. The van der Waals surface area contributed by atoms with Crippen LogP contribution in [0.2, 0.25) is 0 Å².